The van der Waals surface area contributed by atoms with Crippen LogP contribution in [0.1, 0.15) is 11.9 Å². The number of fused-ring (bicyclic) bond motifs is 3. The van der Waals surface area contributed by atoms with Gasteiger partial charge >= 0.3 is 0 Å². The number of hydrogen-bond donors (Lipinski definition) is 3. The van der Waals surface area contributed by atoms with Crippen molar-refractivity contribution in [1.29, 1.82) is 0 Å². The Kier molecular flexibility index (Phi) is 5.16. The van der Waals surface area contributed by atoms with Gasteiger partial charge in [-0.1, -0.05) is 0 Å². The normalized spacial score (nSPS) is 17.1. The van der Waals surface area contributed by atoms with E-state index < -0.39 is 23.7 Å². The average molecular weight is 484 g/mol. The standard InChI is InChI=1S/C24H20N8O4/c25-21-15-1-2-16-18(14(15)5-9-27-21)23(34)29-22(28-16)19(33)20-24(35)31(11-12-36-20)17-6-10-32(30-17)13-3-7-26-8-4-13/h1-10,19-20,33H,11-12H2,(H2,25,27)(H,28,29,34)/t19-,20-/m1/s1. The molecule has 36 heavy (non-hydrogen) atoms. The van der Waals surface area contributed by atoms with Crippen molar-refractivity contribution in [3.63, 3.8) is 0 Å². The van der Waals surface area contributed by atoms with Crippen LogP contribution in [0.5, 0.6) is 0 Å². The van der Waals surface area contributed by atoms with Crippen LogP contribution in [0.2, 0.25) is 0 Å². The second-order valence-corrected chi connectivity index (χ2v) is 8.26. The molecule has 0 radical (unpaired) electrons. The molecule has 5 heterocycles. The number of aliphatic hydroxyl groups excluding tert-OH is 1. The van der Waals surface area contributed by atoms with Crippen LogP contribution in [0.25, 0.3) is 27.4 Å². The molecule has 180 valence electrons. The van der Waals surface area contributed by atoms with Gasteiger partial charge in [-0.2, -0.15) is 4.98 Å². The van der Waals surface area contributed by atoms with Gasteiger partial charge in [-0.25, -0.2) is 9.67 Å². The number of nitrogens with zero attached hydrogens (tertiary/aromatic N) is 6. The van der Waals surface area contributed by atoms with E-state index in [1.165, 1.54) is 11.1 Å². The summed E-state index contributed by atoms with van der Waals surface area (Å²) in [4.78, 5) is 42.7. The van der Waals surface area contributed by atoms with Crippen LogP contribution in [0.3, 0.4) is 0 Å². The first kappa shape index (κ1) is 21.8. The van der Waals surface area contributed by atoms with Crippen molar-refractivity contribution >= 4 is 39.2 Å². The molecule has 6 rings (SSSR count). The molecule has 4 N–H and O–H groups in total. The molecule has 2 atom stereocenters. The highest BCUT2D eigenvalue weighted by Gasteiger charge is 2.38. The number of benzene rings is 1. The van der Waals surface area contributed by atoms with Gasteiger partial charge in [-0.05, 0) is 30.3 Å². The molecule has 0 saturated carbocycles. The number of nitrogens with two attached hydrogens (primary N) is 1. The second-order valence-electron chi connectivity index (χ2n) is 8.26. The summed E-state index contributed by atoms with van der Waals surface area (Å²) in [6.07, 6.45) is 3.76. The van der Waals surface area contributed by atoms with Gasteiger partial charge in [0.25, 0.3) is 11.5 Å². The Labute approximate surface area is 203 Å². The predicted molar refractivity (Wildman–Crippen MR) is 130 cm³/mol. The number of nitrogen functional groups attached to an aromatic ring is 1. The summed E-state index contributed by atoms with van der Waals surface area (Å²) < 4.78 is 7.24. The van der Waals surface area contributed by atoms with Crippen molar-refractivity contribution < 1.29 is 14.6 Å². The lowest BCUT2D eigenvalue weighted by atomic mass is 10.1. The van der Waals surface area contributed by atoms with Gasteiger partial charge in [-0.3, -0.25) is 19.5 Å². The smallest absolute Gasteiger partial charge is 0.281 e. The lowest BCUT2D eigenvalue weighted by molar-refractivity contribution is -0.143. The molecule has 1 aliphatic rings. The SMILES string of the molecule is Nc1nccc2c1ccc1[nH]c([C@H](O)[C@H]3OCCN(c4ccn(-c5ccncc5)n4)C3=O)nc(=O)c12. The summed E-state index contributed by atoms with van der Waals surface area (Å²) in [6, 6.07) is 10.4. The highest BCUT2D eigenvalue weighted by atomic mass is 16.5. The highest BCUT2D eigenvalue weighted by Crippen LogP contribution is 2.27. The first-order chi connectivity index (χ1) is 17.5. The van der Waals surface area contributed by atoms with E-state index in [0.717, 1.165) is 5.69 Å². The van der Waals surface area contributed by atoms with E-state index in [1.54, 1.807) is 59.7 Å². The van der Waals surface area contributed by atoms with Gasteiger partial charge in [-0.15, -0.1) is 5.10 Å². The third-order valence-electron chi connectivity index (χ3n) is 6.14. The molecule has 1 amide bonds. The van der Waals surface area contributed by atoms with E-state index in [2.05, 4.69) is 25.0 Å². The van der Waals surface area contributed by atoms with Crippen molar-refractivity contribution in [3.05, 3.63) is 77.4 Å². The Morgan fingerprint density at radius 1 is 1.08 bits per heavy atom. The number of nitrogens with one attached hydrogen (secondary N) is 1. The Morgan fingerprint density at radius 3 is 2.75 bits per heavy atom. The molecule has 12 heteroatoms. The van der Waals surface area contributed by atoms with E-state index in [4.69, 9.17) is 10.5 Å². The summed E-state index contributed by atoms with van der Waals surface area (Å²) >= 11 is 0. The average Bonchev–Trinajstić information content (AvgIpc) is 3.39. The van der Waals surface area contributed by atoms with Crippen molar-refractivity contribution in [2.24, 2.45) is 0 Å². The molecule has 0 bridgehead atoms. The quantitative estimate of drug-likeness (QED) is 0.317. The number of aromatic nitrogens is 6. The molecular formula is C24H20N8O4. The third kappa shape index (κ3) is 3.56. The summed E-state index contributed by atoms with van der Waals surface area (Å²) in [7, 11) is 0. The van der Waals surface area contributed by atoms with Gasteiger partial charge < -0.3 is 20.6 Å². The maximum atomic E-state index is 13.3. The van der Waals surface area contributed by atoms with Crippen LogP contribution in [-0.2, 0) is 9.53 Å². The van der Waals surface area contributed by atoms with Crippen LogP contribution in [0.4, 0.5) is 11.6 Å². The number of pyridine rings is 2. The zero-order valence-electron chi connectivity index (χ0n) is 18.8. The molecular weight excluding hydrogens is 464 g/mol. The zero-order chi connectivity index (χ0) is 24.8. The number of carbonyl (C=O) groups excluding carboxylic acids is 1. The minimum Gasteiger partial charge on any atom is -0.383 e. The molecule has 1 aromatic carbocycles. The fourth-order valence-corrected chi connectivity index (χ4v) is 4.39. The van der Waals surface area contributed by atoms with E-state index in [0.29, 0.717) is 33.3 Å². The first-order valence-corrected chi connectivity index (χ1v) is 11.2. The van der Waals surface area contributed by atoms with Crippen molar-refractivity contribution in [1.82, 2.24) is 29.7 Å². The number of rotatable bonds is 4. The van der Waals surface area contributed by atoms with Crippen LogP contribution >= 0.6 is 0 Å². The maximum Gasteiger partial charge on any atom is 0.281 e. The molecule has 0 spiro atoms. The van der Waals surface area contributed by atoms with Gasteiger partial charge in [0, 0.05) is 41.6 Å². The molecule has 1 aliphatic heterocycles. The fraction of sp³-hybridized carbons (Fsp3) is 0.167. The molecule has 0 aliphatic carbocycles. The van der Waals surface area contributed by atoms with Gasteiger partial charge in [0.2, 0.25) is 0 Å². The number of aromatic amines is 1. The number of anilines is 2. The minimum absolute atomic E-state index is 0.0728. The number of carbonyl (C=O) groups is 1. The van der Waals surface area contributed by atoms with E-state index >= 15 is 0 Å². The molecule has 0 unspecified atom stereocenters. The number of aliphatic hydroxyl groups is 1. The van der Waals surface area contributed by atoms with E-state index in [-0.39, 0.29) is 19.0 Å². The summed E-state index contributed by atoms with van der Waals surface area (Å²) in [6.45, 7) is 0.433. The van der Waals surface area contributed by atoms with Gasteiger partial charge in [0.15, 0.2) is 11.9 Å². The lowest BCUT2D eigenvalue weighted by Crippen LogP contribution is -2.50. The van der Waals surface area contributed by atoms with Crippen molar-refractivity contribution in [2.45, 2.75) is 12.2 Å². The zero-order valence-corrected chi connectivity index (χ0v) is 18.8. The maximum absolute atomic E-state index is 13.3. The molecule has 1 saturated heterocycles. The molecule has 4 aromatic heterocycles. The van der Waals surface area contributed by atoms with Crippen molar-refractivity contribution in [3.8, 4) is 5.69 Å². The fourth-order valence-electron chi connectivity index (χ4n) is 4.39. The number of ether oxygens (including phenoxy) is 1. The molecule has 12 nitrogen and oxygen atoms in total. The number of morpholine rings is 1. The number of hydrogen-bond acceptors (Lipinski definition) is 9. The Hall–Kier alpha value is -4.68. The Bertz CT molecular complexity index is 1670. The Balaban J connectivity index is 1.32. The summed E-state index contributed by atoms with van der Waals surface area (Å²) in [5, 5.41) is 17.1. The van der Waals surface area contributed by atoms with Gasteiger partial charge in [0.1, 0.15) is 17.7 Å². The Morgan fingerprint density at radius 2 is 1.92 bits per heavy atom. The van der Waals surface area contributed by atoms with Crippen LogP contribution in [0, 0.1) is 0 Å². The summed E-state index contributed by atoms with van der Waals surface area (Å²) in [5.74, 6) is 0.144. The summed E-state index contributed by atoms with van der Waals surface area (Å²) in [5.41, 5.74) is 6.60. The number of H-pyrrole nitrogens is 1. The largest absolute Gasteiger partial charge is 0.383 e. The van der Waals surface area contributed by atoms with Crippen LogP contribution in [0.15, 0.2) is 66.0 Å². The minimum atomic E-state index is -1.50. The lowest BCUT2D eigenvalue weighted by Gasteiger charge is -2.32. The monoisotopic (exact) mass is 484 g/mol. The van der Waals surface area contributed by atoms with Crippen LogP contribution in [-0.4, -0.2) is 60.0 Å². The molecule has 5 aromatic rings. The third-order valence-corrected chi connectivity index (χ3v) is 6.14. The highest BCUT2D eigenvalue weighted by molar-refractivity contribution is 6.08. The second kappa shape index (κ2) is 8.52. The predicted octanol–water partition coefficient (Wildman–Crippen LogP) is 1.10. The molecule has 1 fully saturated rings. The first-order valence-electron chi connectivity index (χ1n) is 11.2. The van der Waals surface area contributed by atoms with E-state index in [9.17, 15) is 14.7 Å². The topological polar surface area (TPSA) is 165 Å². The number of amides is 1. The van der Waals surface area contributed by atoms with Crippen molar-refractivity contribution in [2.75, 3.05) is 23.8 Å². The van der Waals surface area contributed by atoms with Crippen LogP contribution < -0.4 is 16.2 Å². The van der Waals surface area contributed by atoms with E-state index in [1.807, 2.05) is 0 Å². The van der Waals surface area contributed by atoms with Gasteiger partial charge in [0.05, 0.1) is 29.7 Å².